The monoisotopic (exact) mass is 226 g/mol. The fourth-order valence-electron chi connectivity index (χ4n) is 1.24. The van der Waals surface area contributed by atoms with Crippen molar-refractivity contribution < 1.29 is 4.92 Å². The molecule has 0 unspecified atom stereocenters. The Labute approximate surface area is 87.2 Å². The summed E-state index contributed by atoms with van der Waals surface area (Å²) in [5, 5.41) is 15.1. The van der Waals surface area contributed by atoms with Crippen LogP contribution in [-0.4, -0.2) is 19.5 Å². The van der Waals surface area contributed by atoms with E-state index >= 15 is 0 Å². The molecule has 0 saturated carbocycles. The SMILES string of the molecule is Cc1nn2c(=O)c([N+](=O)[O-])c(C)nc2s1. The zero-order valence-electron chi connectivity index (χ0n) is 7.92. The molecule has 0 saturated heterocycles. The molecule has 0 spiro atoms. The lowest BCUT2D eigenvalue weighted by molar-refractivity contribution is -0.387. The second-order valence-electron chi connectivity index (χ2n) is 2.92. The number of hydrogen-bond acceptors (Lipinski definition) is 6. The molecule has 2 aromatic heterocycles. The molecule has 0 bridgehead atoms. The first kappa shape index (κ1) is 9.71. The second kappa shape index (κ2) is 3.09. The predicted molar refractivity (Wildman–Crippen MR) is 53.3 cm³/mol. The predicted octanol–water partition coefficient (Wildman–Crippen LogP) is 0.676. The lowest BCUT2D eigenvalue weighted by atomic mass is 10.4. The molecule has 2 aromatic rings. The highest BCUT2D eigenvalue weighted by atomic mass is 32.1. The van der Waals surface area contributed by atoms with Gasteiger partial charge in [0, 0.05) is 0 Å². The number of hydrogen-bond donors (Lipinski definition) is 0. The zero-order chi connectivity index (χ0) is 11.2. The maximum absolute atomic E-state index is 11.6. The minimum Gasteiger partial charge on any atom is -0.259 e. The molecule has 0 atom stereocenters. The molecule has 0 aliphatic carbocycles. The van der Waals surface area contributed by atoms with Gasteiger partial charge in [0.1, 0.15) is 10.7 Å². The van der Waals surface area contributed by atoms with E-state index in [-0.39, 0.29) is 5.69 Å². The first-order valence-corrected chi connectivity index (χ1v) is 4.84. The van der Waals surface area contributed by atoms with Crippen molar-refractivity contribution in [3.05, 3.63) is 31.2 Å². The third-order valence-electron chi connectivity index (χ3n) is 1.84. The highest BCUT2D eigenvalue weighted by molar-refractivity contribution is 7.16. The van der Waals surface area contributed by atoms with Gasteiger partial charge in [0.25, 0.3) is 0 Å². The molecule has 0 fully saturated rings. The van der Waals surface area contributed by atoms with Crippen LogP contribution in [0.2, 0.25) is 0 Å². The van der Waals surface area contributed by atoms with Crippen LogP contribution >= 0.6 is 11.3 Å². The van der Waals surface area contributed by atoms with Crippen LogP contribution < -0.4 is 5.56 Å². The summed E-state index contributed by atoms with van der Waals surface area (Å²) < 4.78 is 0.963. The van der Waals surface area contributed by atoms with E-state index < -0.39 is 16.2 Å². The van der Waals surface area contributed by atoms with Crippen molar-refractivity contribution in [2.75, 3.05) is 0 Å². The van der Waals surface area contributed by atoms with E-state index in [1.807, 2.05) is 0 Å². The minimum atomic E-state index is -0.730. The molecule has 0 amide bonds. The molecule has 8 heteroatoms. The second-order valence-corrected chi connectivity index (χ2v) is 4.08. The van der Waals surface area contributed by atoms with Gasteiger partial charge in [0.15, 0.2) is 0 Å². The molecule has 0 aliphatic heterocycles. The summed E-state index contributed by atoms with van der Waals surface area (Å²) in [4.78, 5) is 25.9. The lowest BCUT2D eigenvalue weighted by Crippen LogP contribution is -2.20. The van der Waals surface area contributed by atoms with Gasteiger partial charge in [-0.3, -0.25) is 14.9 Å². The molecule has 0 aromatic carbocycles. The molecule has 0 N–H and O–H groups in total. The van der Waals surface area contributed by atoms with E-state index in [1.165, 1.54) is 18.3 Å². The van der Waals surface area contributed by atoms with Crippen LogP contribution in [0, 0.1) is 24.0 Å². The van der Waals surface area contributed by atoms with Gasteiger partial charge in [-0.15, -0.1) is 0 Å². The summed E-state index contributed by atoms with van der Waals surface area (Å²) in [6.07, 6.45) is 0. The highest BCUT2D eigenvalue weighted by Crippen LogP contribution is 2.15. The molecule has 78 valence electrons. The van der Waals surface area contributed by atoms with Crippen LogP contribution in [0.1, 0.15) is 10.7 Å². The normalized spacial score (nSPS) is 10.8. The number of aryl methyl sites for hydroxylation is 2. The molecular formula is C7H6N4O3S. The number of nitro groups is 1. The number of aromatic nitrogens is 3. The molecule has 0 aliphatic rings. The molecular weight excluding hydrogens is 220 g/mol. The lowest BCUT2D eigenvalue weighted by Gasteiger charge is -1.94. The van der Waals surface area contributed by atoms with Gasteiger partial charge in [-0.1, -0.05) is 11.3 Å². The van der Waals surface area contributed by atoms with E-state index in [9.17, 15) is 14.9 Å². The average Bonchev–Trinajstić information content (AvgIpc) is 2.45. The summed E-state index contributed by atoms with van der Waals surface area (Å²) >= 11 is 1.22. The molecule has 0 radical (unpaired) electrons. The zero-order valence-corrected chi connectivity index (χ0v) is 8.74. The van der Waals surface area contributed by atoms with Gasteiger partial charge in [-0.05, 0) is 13.8 Å². The first-order chi connectivity index (χ1) is 7.00. The van der Waals surface area contributed by atoms with Crippen LogP contribution in [0.15, 0.2) is 4.79 Å². The fraction of sp³-hybridized carbons (Fsp3) is 0.286. The maximum Gasteiger partial charge on any atom is 0.357 e. The number of fused-ring (bicyclic) bond motifs is 1. The highest BCUT2D eigenvalue weighted by Gasteiger charge is 2.21. The Hall–Kier alpha value is -1.83. The smallest absolute Gasteiger partial charge is 0.259 e. The van der Waals surface area contributed by atoms with Crippen molar-refractivity contribution in [1.29, 1.82) is 0 Å². The van der Waals surface area contributed by atoms with Gasteiger partial charge in [-0.2, -0.15) is 9.61 Å². The minimum absolute atomic E-state index is 0.119. The average molecular weight is 226 g/mol. The van der Waals surface area contributed by atoms with Crippen LogP contribution in [0.4, 0.5) is 5.69 Å². The van der Waals surface area contributed by atoms with E-state index in [1.54, 1.807) is 6.92 Å². The van der Waals surface area contributed by atoms with Crippen molar-refractivity contribution in [3.63, 3.8) is 0 Å². The standard InChI is InChI=1S/C7H6N4O3S/c1-3-5(11(13)14)6(12)10-7(8-3)15-4(2)9-10/h1-2H3. The summed E-state index contributed by atoms with van der Waals surface area (Å²) in [5.74, 6) is 0. The third kappa shape index (κ3) is 1.38. The third-order valence-corrected chi connectivity index (χ3v) is 2.67. The Morgan fingerprint density at radius 3 is 2.73 bits per heavy atom. The van der Waals surface area contributed by atoms with Gasteiger partial charge in [-0.25, -0.2) is 4.98 Å². The van der Waals surface area contributed by atoms with Gasteiger partial charge in [0.05, 0.1) is 4.92 Å². The number of nitrogens with zero attached hydrogens (tertiary/aromatic N) is 4. The van der Waals surface area contributed by atoms with E-state index in [0.717, 1.165) is 4.52 Å². The van der Waals surface area contributed by atoms with E-state index in [4.69, 9.17) is 0 Å². The molecule has 15 heavy (non-hydrogen) atoms. The van der Waals surface area contributed by atoms with Crippen LogP contribution in [0.5, 0.6) is 0 Å². The maximum atomic E-state index is 11.6. The van der Waals surface area contributed by atoms with Crippen molar-refractivity contribution in [2.24, 2.45) is 0 Å². The Bertz CT molecular complexity index is 614. The van der Waals surface area contributed by atoms with Crippen molar-refractivity contribution >= 4 is 22.0 Å². The Morgan fingerprint density at radius 2 is 2.13 bits per heavy atom. The van der Waals surface area contributed by atoms with Gasteiger partial charge >= 0.3 is 11.2 Å². The summed E-state index contributed by atoms with van der Waals surface area (Å²) in [6.45, 7) is 3.15. The number of rotatable bonds is 1. The largest absolute Gasteiger partial charge is 0.357 e. The van der Waals surface area contributed by atoms with Gasteiger partial charge in [0.2, 0.25) is 4.96 Å². The van der Waals surface area contributed by atoms with Crippen molar-refractivity contribution in [3.8, 4) is 0 Å². The summed E-state index contributed by atoms with van der Waals surface area (Å²) in [7, 11) is 0. The van der Waals surface area contributed by atoms with Crippen LogP contribution in [0.25, 0.3) is 4.96 Å². The van der Waals surface area contributed by atoms with Crippen LogP contribution in [-0.2, 0) is 0 Å². The molecule has 2 heterocycles. The Kier molecular flexibility index (Phi) is 2.00. The quantitative estimate of drug-likeness (QED) is 0.526. The molecule has 7 nitrogen and oxygen atoms in total. The van der Waals surface area contributed by atoms with Crippen LogP contribution in [0.3, 0.4) is 0 Å². The topological polar surface area (TPSA) is 90.4 Å². The van der Waals surface area contributed by atoms with Gasteiger partial charge < -0.3 is 0 Å². The summed E-state index contributed by atoms with van der Waals surface area (Å²) in [5.41, 5.74) is -1.13. The molecule has 2 rings (SSSR count). The Morgan fingerprint density at radius 1 is 1.47 bits per heavy atom. The first-order valence-electron chi connectivity index (χ1n) is 4.02. The van der Waals surface area contributed by atoms with E-state index in [0.29, 0.717) is 9.97 Å². The van der Waals surface area contributed by atoms with Crippen molar-refractivity contribution in [2.45, 2.75) is 13.8 Å². The summed E-state index contributed by atoms with van der Waals surface area (Å²) in [6, 6.07) is 0. The fourth-order valence-corrected chi connectivity index (χ4v) is 2.02. The van der Waals surface area contributed by atoms with E-state index in [2.05, 4.69) is 10.1 Å². The van der Waals surface area contributed by atoms with Crippen molar-refractivity contribution in [1.82, 2.24) is 14.6 Å². The Balaban J connectivity index is 2.96.